The number of Topliss-reactive ketones (excluding diaryl/α,β-unsaturated/α-hetero) is 1. The first-order valence-corrected chi connectivity index (χ1v) is 9.78. The van der Waals surface area contributed by atoms with Crippen LogP contribution in [0.4, 0.5) is 4.39 Å². The fourth-order valence-corrected chi connectivity index (χ4v) is 4.42. The number of ketones is 1. The molecule has 2 aromatic heterocycles. The Labute approximate surface area is 162 Å². The van der Waals surface area contributed by atoms with Crippen molar-refractivity contribution in [3.05, 3.63) is 41.8 Å². The molecule has 1 N–H and O–H groups in total. The van der Waals surface area contributed by atoms with Crippen LogP contribution < -0.4 is 0 Å². The molecule has 3 aromatic rings. The maximum atomic E-state index is 13.4. The number of hydrogen-bond acceptors (Lipinski definition) is 4. The molecule has 7 heteroatoms. The van der Waals surface area contributed by atoms with Gasteiger partial charge in [-0.25, -0.2) is 4.39 Å². The fraction of sp³-hybridized carbons (Fsp3) is 0.429. The second kappa shape index (κ2) is 6.83. The van der Waals surface area contributed by atoms with Crippen molar-refractivity contribution < 1.29 is 13.9 Å². The van der Waals surface area contributed by atoms with E-state index in [1.807, 2.05) is 19.2 Å². The normalized spacial score (nSPS) is 21.8. The van der Waals surface area contributed by atoms with E-state index in [4.69, 9.17) is 4.74 Å². The molecule has 2 bridgehead atoms. The molecule has 28 heavy (non-hydrogen) atoms. The highest BCUT2D eigenvalue weighted by Gasteiger charge is 2.38. The summed E-state index contributed by atoms with van der Waals surface area (Å²) in [6.45, 7) is 2.76. The Morgan fingerprint density at radius 1 is 1.36 bits per heavy atom. The third-order valence-corrected chi connectivity index (χ3v) is 5.89. The highest BCUT2D eigenvalue weighted by atomic mass is 19.1. The van der Waals surface area contributed by atoms with Gasteiger partial charge in [0.2, 0.25) is 0 Å². The van der Waals surface area contributed by atoms with Crippen molar-refractivity contribution in [1.82, 2.24) is 19.7 Å². The number of aromatic amines is 1. The van der Waals surface area contributed by atoms with Gasteiger partial charge in [0.15, 0.2) is 5.78 Å². The molecule has 6 nitrogen and oxygen atoms in total. The van der Waals surface area contributed by atoms with Crippen LogP contribution in [0.15, 0.2) is 30.3 Å². The number of aromatic nitrogens is 3. The Morgan fingerprint density at radius 2 is 2.25 bits per heavy atom. The SMILES string of the molecule is Cn1nc(C(=O)CCCN2C[C@H]3C[C@@H]2CO3)cc1-c1cc2cc(F)ccc2[nH]1. The van der Waals surface area contributed by atoms with Crippen molar-refractivity contribution in [2.24, 2.45) is 7.05 Å². The Balaban J connectivity index is 1.26. The van der Waals surface area contributed by atoms with Gasteiger partial charge in [-0.05, 0) is 49.7 Å². The van der Waals surface area contributed by atoms with Crippen LogP contribution in [-0.4, -0.2) is 57.3 Å². The van der Waals surface area contributed by atoms with Crippen LogP contribution in [0.5, 0.6) is 0 Å². The van der Waals surface area contributed by atoms with E-state index in [1.165, 1.54) is 12.1 Å². The summed E-state index contributed by atoms with van der Waals surface area (Å²) in [5.74, 6) is -0.207. The van der Waals surface area contributed by atoms with E-state index in [0.29, 0.717) is 24.3 Å². The van der Waals surface area contributed by atoms with Gasteiger partial charge in [0.1, 0.15) is 11.5 Å². The number of H-pyrrole nitrogens is 1. The zero-order chi connectivity index (χ0) is 19.3. The molecule has 2 saturated heterocycles. The monoisotopic (exact) mass is 382 g/mol. The van der Waals surface area contributed by atoms with Crippen LogP contribution in [0.25, 0.3) is 22.3 Å². The van der Waals surface area contributed by atoms with Crippen LogP contribution in [0.2, 0.25) is 0 Å². The molecule has 1 aromatic carbocycles. The van der Waals surface area contributed by atoms with Crippen molar-refractivity contribution in [3.8, 4) is 11.4 Å². The number of carbonyl (C=O) groups excluding carboxylic acids is 1. The second-order valence-corrected chi connectivity index (χ2v) is 7.82. The van der Waals surface area contributed by atoms with E-state index >= 15 is 0 Å². The first-order valence-electron chi connectivity index (χ1n) is 9.78. The summed E-state index contributed by atoms with van der Waals surface area (Å²) in [6.07, 6.45) is 2.85. The first kappa shape index (κ1) is 17.6. The number of likely N-dealkylation sites (tertiary alicyclic amines) is 1. The number of morpholine rings is 1. The van der Waals surface area contributed by atoms with Gasteiger partial charge in [0.25, 0.3) is 0 Å². The summed E-state index contributed by atoms with van der Waals surface area (Å²) < 4.78 is 20.8. The van der Waals surface area contributed by atoms with Crippen LogP contribution >= 0.6 is 0 Å². The minimum absolute atomic E-state index is 0.0598. The van der Waals surface area contributed by atoms with Gasteiger partial charge in [-0.15, -0.1) is 0 Å². The highest BCUT2D eigenvalue weighted by Crippen LogP contribution is 2.28. The summed E-state index contributed by atoms with van der Waals surface area (Å²) >= 11 is 0. The zero-order valence-corrected chi connectivity index (χ0v) is 15.8. The fourth-order valence-electron chi connectivity index (χ4n) is 4.42. The number of aryl methyl sites for hydroxylation is 1. The molecule has 2 atom stereocenters. The molecule has 2 aliphatic rings. The van der Waals surface area contributed by atoms with Crippen LogP contribution in [0, 0.1) is 5.82 Å². The number of carbonyl (C=O) groups is 1. The number of nitrogens with one attached hydrogen (secondary N) is 1. The maximum absolute atomic E-state index is 13.4. The first-order chi connectivity index (χ1) is 13.6. The third kappa shape index (κ3) is 3.14. The molecule has 2 fully saturated rings. The summed E-state index contributed by atoms with van der Waals surface area (Å²) in [5.41, 5.74) is 2.97. The molecular weight excluding hydrogens is 359 g/mol. The molecule has 146 valence electrons. The lowest BCUT2D eigenvalue weighted by Gasteiger charge is -2.26. The molecular formula is C21H23FN4O2. The highest BCUT2D eigenvalue weighted by molar-refractivity contribution is 5.95. The van der Waals surface area contributed by atoms with E-state index in [1.54, 1.807) is 10.7 Å². The average molecular weight is 382 g/mol. The van der Waals surface area contributed by atoms with Crippen molar-refractivity contribution in [1.29, 1.82) is 0 Å². The lowest BCUT2D eigenvalue weighted by atomic mass is 10.1. The Morgan fingerprint density at radius 3 is 3.04 bits per heavy atom. The number of fused-ring (bicyclic) bond motifs is 3. The van der Waals surface area contributed by atoms with Crippen molar-refractivity contribution in [3.63, 3.8) is 0 Å². The molecule has 2 aliphatic heterocycles. The van der Waals surface area contributed by atoms with Crippen LogP contribution in [0.3, 0.4) is 0 Å². The maximum Gasteiger partial charge on any atom is 0.183 e. The summed E-state index contributed by atoms with van der Waals surface area (Å²) in [7, 11) is 1.82. The number of nitrogens with zero attached hydrogens (tertiary/aromatic N) is 3. The second-order valence-electron chi connectivity index (χ2n) is 7.82. The summed E-state index contributed by atoms with van der Waals surface area (Å²) in [4.78, 5) is 18.3. The van der Waals surface area contributed by atoms with Gasteiger partial charge in [0, 0.05) is 37.0 Å². The summed E-state index contributed by atoms with van der Waals surface area (Å²) in [5, 5.41) is 5.20. The molecule has 0 saturated carbocycles. The van der Waals surface area contributed by atoms with E-state index in [9.17, 15) is 9.18 Å². The van der Waals surface area contributed by atoms with Crippen LogP contribution in [0.1, 0.15) is 29.8 Å². The van der Waals surface area contributed by atoms with Crippen LogP contribution in [-0.2, 0) is 11.8 Å². The number of halogens is 1. The van der Waals surface area contributed by atoms with E-state index in [2.05, 4.69) is 15.0 Å². The lowest BCUT2D eigenvalue weighted by Crippen LogP contribution is -2.37. The van der Waals surface area contributed by atoms with Gasteiger partial charge in [0.05, 0.1) is 24.1 Å². The Hall–Kier alpha value is -2.51. The molecule has 0 amide bonds. The van der Waals surface area contributed by atoms with Gasteiger partial charge < -0.3 is 9.72 Å². The zero-order valence-electron chi connectivity index (χ0n) is 15.8. The minimum atomic E-state index is -0.267. The van der Waals surface area contributed by atoms with Crippen molar-refractivity contribution in [2.75, 3.05) is 19.7 Å². The van der Waals surface area contributed by atoms with Gasteiger partial charge in [-0.3, -0.25) is 14.4 Å². The number of rotatable bonds is 6. The predicted octanol–water partition coefficient (Wildman–Crippen LogP) is 3.14. The average Bonchev–Trinajstić information content (AvgIpc) is 3.43. The van der Waals surface area contributed by atoms with Gasteiger partial charge in [-0.2, -0.15) is 5.10 Å². The number of benzene rings is 1. The predicted molar refractivity (Wildman–Crippen MR) is 104 cm³/mol. The van der Waals surface area contributed by atoms with Gasteiger partial charge in [-0.1, -0.05) is 0 Å². The standard InChI is InChI=1S/C21H23FN4O2/c1-25-20(18-8-13-7-14(22)4-5-17(13)23-18)10-19(24-25)21(27)3-2-6-26-11-16-9-15(26)12-28-16/h4-5,7-8,10,15-16,23H,2-3,6,9,11-12H2,1H3/t15-,16-/m1/s1. The van der Waals surface area contributed by atoms with Gasteiger partial charge >= 0.3 is 0 Å². The molecule has 4 heterocycles. The molecule has 0 unspecified atom stereocenters. The van der Waals surface area contributed by atoms with Crippen molar-refractivity contribution in [2.45, 2.75) is 31.4 Å². The number of hydrogen-bond donors (Lipinski definition) is 1. The lowest BCUT2D eigenvalue weighted by molar-refractivity contribution is 0.0301. The topological polar surface area (TPSA) is 63.1 Å². The molecule has 0 radical (unpaired) electrons. The molecule has 0 aliphatic carbocycles. The number of ether oxygens (including phenoxy) is 1. The quantitative estimate of drug-likeness (QED) is 0.666. The Bertz CT molecular complexity index is 1040. The van der Waals surface area contributed by atoms with E-state index < -0.39 is 0 Å². The minimum Gasteiger partial charge on any atom is -0.375 e. The van der Waals surface area contributed by atoms with E-state index in [0.717, 1.165) is 54.8 Å². The van der Waals surface area contributed by atoms with E-state index in [-0.39, 0.29) is 11.6 Å². The smallest absolute Gasteiger partial charge is 0.183 e. The largest absolute Gasteiger partial charge is 0.375 e. The molecule has 0 spiro atoms. The summed E-state index contributed by atoms with van der Waals surface area (Å²) in [6, 6.07) is 8.87. The molecule has 5 rings (SSSR count). The third-order valence-electron chi connectivity index (χ3n) is 5.89. The van der Waals surface area contributed by atoms with Crippen molar-refractivity contribution >= 4 is 16.7 Å². The Kier molecular flexibility index (Phi) is 4.29.